The normalized spacial score (nSPS) is 17.3. The van der Waals surface area contributed by atoms with Crippen LogP contribution >= 0.6 is 0 Å². The van der Waals surface area contributed by atoms with Crippen LogP contribution in [-0.4, -0.2) is 37.1 Å². The molecule has 18 heavy (non-hydrogen) atoms. The summed E-state index contributed by atoms with van der Waals surface area (Å²) in [6.07, 6.45) is 0. The van der Waals surface area contributed by atoms with E-state index in [-0.39, 0.29) is 0 Å². The first-order valence-corrected chi connectivity index (χ1v) is 6.98. The van der Waals surface area contributed by atoms with Gasteiger partial charge in [-0.15, -0.1) is 0 Å². The zero-order valence-electron chi connectivity index (χ0n) is 11.6. The number of hydrogen-bond donors (Lipinski definition) is 2. The van der Waals surface area contributed by atoms with Crippen LogP contribution in [0.4, 0.5) is 0 Å². The average molecular weight is 247 g/mol. The summed E-state index contributed by atoms with van der Waals surface area (Å²) in [7, 11) is 0. The number of rotatable bonds is 5. The molecule has 1 saturated heterocycles. The van der Waals surface area contributed by atoms with Gasteiger partial charge in [-0.3, -0.25) is 4.90 Å². The number of nitrogens with one attached hydrogen (secondary N) is 2. The Bertz CT molecular complexity index is 339. The molecule has 1 aliphatic rings. The van der Waals surface area contributed by atoms with Crippen molar-refractivity contribution in [3.63, 3.8) is 0 Å². The van der Waals surface area contributed by atoms with Gasteiger partial charge >= 0.3 is 0 Å². The fourth-order valence-corrected chi connectivity index (χ4v) is 2.21. The molecule has 0 aliphatic carbocycles. The summed E-state index contributed by atoms with van der Waals surface area (Å²) in [5, 5.41) is 6.83. The van der Waals surface area contributed by atoms with Crippen molar-refractivity contribution in [2.24, 2.45) is 0 Å². The number of hydrogen-bond acceptors (Lipinski definition) is 3. The molecule has 0 amide bonds. The van der Waals surface area contributed by atoms with E-state index in [0.29, 0.717) is 6.04 Å². The van der Waals surface area contributed by atoms with Gasteiger partial charge in [0.25, 0.3) is 0 Å². The zero-order valence-corrected chi connectivity index (χ0v) is 11.6. The van der Waals surface area contributed by atoms with Gasteiger partial charge in [0.15, 0.2) is 0 Å². The van der Waals surface area contributed by atoms with E-state index in [1.54, 1.807) is 0 Å². The highest BCUT2D eigenvalue weighted by Crippen LogP contribution is 2.08. The molecule has 0 radical (unpaired) electrons. The van der Waals surface area contributed by atoms with Crippen molar-refractivity contribution in [2.75, 3.05) is 26.2 Å². The molecule has 1 fully saturated rings. The first-order valence-electron chi connectivity index (χ1n) is 6.98. The molecule has 0 spiro atoms. The van der Waals surface area contributed by atoms with Crippen LogP contribution in [0.3, 0.4) is 0 Å². The van der Waals surface area contributed by atoms with E-state index in [4.69, 9.17) is 0 Å². The predicted molar refractivity (Wildman–Crippen MR) is 76.6 cm³/mol. The van der Waals surface area contributed by atoms with Crippen LogP contribution in [0, 0.1) is 0 Å². The highest BCUT2D eigenvalue weighted by molar-refractivity contribution is 5.22. The molecule has 3 nitrogen and oxygen atoms in total. The molecule has 1 heterocycles. The second kappa shape index (κ2) is 6.88. The molecule has 0 saturated carbocycles. The third-order valence-electron chi connectivity index (χ3n) is 3.35. The SMILES string of the molecule is CC(C)NCc1ccc(CN2CCNCC2)cc1. The molecule has 3 heteroatoms. The summed E-state index contributed by atoms with van der Waals surface area (Å²) in [5.41, 5.74) is 2.79. The highest BCUT2D eigenvalue weighted by atomic mass is 15.2. The van der Waals surface area contributed by atoms with Gasteiger partial charge in [-0.05, 0) is 11.1 Å². The lowest BCUT2D eigenvalue weighted by Crippen LogP contribution is -2.42. The lowest BCUT2D eigenvalue weighted by atomic mass is 10.1. The number of benzene rings is 1. The largest absolute Gasteiger partial charge is 0.314 e. The minimum absolute atomic E-state index is 0.547. The van der Waals surface area contributed by atoms with Crippen molar-refractivity contribution < 1.29 is 0 Å². The molecule has 1 aliphatic heterocycles. The van der Waals surface area contributed by atoms with Crippen LogP contribution < -0.4 is 10.6 Å². The van der Waals surface area contributed by atoms with Gasteiger partial charge in [-0.25, -0.2) is 0 Å². The lowest BCUT2D eigenvalue weighted by molar-refractivity contribution is 0.233. The van der Waals surface area contributed by atoms with Crippen LogP contribution in [0.2, 0.25) is 0 Å². The Morgan fingerprint density at radius 3 is 2.33 bits per heavy atom. The maximum Gasteiger partial charge on any atom is 0.0234 e. The van der Waals surface area contributed by atoms with Crippen molar-refractivity contribution in [3.8, 4) is 0 Å². The van der Waals surface area contributed by atoms with Crippen molar-refractivity contribution in [1.29, 1.82) is 0 Å². The summed E-state index contributed by atoms with van der Waals surface area (Å²) >= 11 is 0. The molecule has 2 N–H and O–H groups in total. The van der Waals surface area contributed by atoms with Crippen LogP contribution in [0.5, 0.6) is 0 Å². The van der Waals surface area contributed by atoms with Gasteiger partial charge in [0.2, 0.25) is 0 Å². The van der Waals surface area contributed by atoms with Crippen LogP contribution in [0.1, 0.15) is 25.0 Å². The van der Waals surface area contributed by atoms with E-state index in [9.17, 15) is 0 Å². The Kier molecular flexibility index (Phi) is 5.17. The molecule has 1 aromatic rings. The van der Waals surface area contributed by atoms with Gasteiger partial charge in [-0.1, -0.05) is 38.1 Å². The lowest BCUT2D eigenvalue weighted by Gasteiger charge is -2.27. The second-order valence-corrected chi connectivity index (χ2v) is 5.38. The topological polar surface area (TPSA) is 27.3 Å². The third-order valence-corrected chi connectivity index (χ3v) is 3.35. The Labute approximate surface area is 111 Å². The molecule has 1 aromatic carbocycles. The first-order chi connectivity index (χ1) is 8.74. The highest BCUT2D eigenvalue weighted by Gasteiger charge is 2.09. The fourth-order valence-electron chi connectivity index (χ4n) is 2.21. The fraction of sp³-hybridized carbons (Fsp3) is 0.600. The predicted octanol–water partition coefficient (Wildman–Crippen LogP) is 1.59. The Balaban J connectivity index is 1.83. The maximum absolute atomic E-state index is 3.44. The molecule has 0 atom stereocenters. The number of nitrogens with zero attached hydrogens (tertiary/aromatic N) is 1. The Morgan fingerprint density at radius 1 is 1.11 bits per heavy atom. The van der Waals surface area contributed by atoms with Crippen LogP contribution in [0.25, 0.3) is 0 Å². The van der Waals surface area contributed by atoms with Gasteiger partial charge in [0, 0.05) is 45.3 Å². The molecule has 0 aromatic heterocycles. The summed E-state index contributed by atoms with van der Waals surface area (Å²) in [5.74, 6) is 0. The van der Waals surface area contributed by atoms with E-state index in [0.717, 1.165) is 39.3 Å². The first kappa shape index (κ1) is 13.5. The van der Waals surface area contributed by atoms with Crippen molar-refractivity contribution in [1.82, 2.24) is 15.5 Å². The summed E-state index contributed by atoms with van der Waals surface area (Å²) in [6, 6.07) is 9.56. The van der Waals surface area contributed by atoms with Crippen LogP contribution in [0.15, 0.2) is 24.3 Å². The van der Waals surface area contributed by atoms with Crippen molar-refractivity contribution >= 4 is 0 Å². The standard InChI is InChI=1S/C15H25N3/c1-13(2)17-11-14-3-5-15(6-4-14)12-18-9-7-16-8-10-18/h3-6,13,16-17H,7-12H2,1-2H3. The maximum atomic E-state index is 3.44. The van der Waals surface area contributed by atoms with E-state index in [1.807, 2.05) is 0 Å². The number of piperazine rings is 1. The van der Waals surface area contributed by atoms with Gasteiger partial charge in [0.05, 0.1) is 0 Å². The van der Waals surface area contributed by atoms with Gasteiger partial charge in [0.1, 0.15) is 0 Å². The zero-order chi connectivity index (χ0) is 12.8. The molecule has 100 valence electrons. The minimum Gasteiger partial charge on any atom is -0.314 e. The summed E-state index contributed by atoms with van der Waals surface area (Å²) in [6.45, 7) is 11.0. The van der Waals surface area contributed by atoms with Crippen molar-refractivity contribution in [3.05, 3.63) is 35.4 Å². The molecule has 0 unspecified atom stereocenters. The summed E-state index contributed by atoms with van der Waals surface area (Å²) in [4.78, 5) is 2.51. The second-order valence-electron chi connectivity index (χ2n) is 5.38. The van der Waals surface area contributed by atoms with Gasteiger partial charge in [-0.2, -0.15) is 0 Å². The molecule has 2 rings (SSSR count). The van der Waals surface area contributed by atoms with E-state index < -0.39 is 0 Å². The molecular weight excluding hydrogens is 222 g/mol. The smallest absolute Gasteiger partial charge is 0.0234 e. The molecular formula is C15H25N3. The third kappa shape index (κ3) is 4.41. The average Bonchev–Trinajstić information content (AvgIpc) is 2.39. The van der Waals surface area contributed by atoms with E-state index >= 15 is 0 Å². The van der Waals surface area contributed by atoms with Crippen molar-refractivity contribution in [2.45, 2.75) is 33.0 Å². The van der Waals surface area contributed by atoms with Crippen LogP contribution in [-0.2, 0) is 13.1 Å². The Morgan fingerprint density at radius 2 is 1.72 bits per heavy atom. The molecule has 0 bridgehead atoms. The Hall–Kier alpha value is -0.900. The monoisotopic (exact) mass is 247 g/mol. The van der Waals surface area contributed by atoms with E-state index in [1.165, 1.54) is 11.1 Å². The quantitative estimate of drug-likeness (QED) is 0.827. The summed E-state index contributed by atoms with van der Waals surface area (Å²) < 4.78 is 0. The minimum atomic E-state index is 0.547. The van der Waals surface area contributed by atoms with Gasteiger partial charge < -0.3 is 10.6 Å². The van der Waals surface area contributed by atoms with E-state index in [2.05, 4.69) is 53.6 Å².